The van der Waals surface area contributed by atoms with Crippen molar-refractivity contribution < 1.29 is 13.5 Å². The van der Waals surface area contributed by atoms with E-state index in [1.165, 1.54) is 0 Å². The first kappa shape index (κ1) is 11.3. The highest BCUT2D eigenvalue weighted by atomic mass is 32.2. The third kappa shape index (κ3) is 3.48. The van der Waals surface area contributed by atoms with Crippen molar-refractivity contribution in [2.45, 2.75) is 36.9 Å². The summed E-state index contributed by atoms with van der Waals surface area (Å²) in [6.45, 7) is 3.67. The van der Waals surface area contributed by atoms with Crippen LogP contribution in [0.5, 0.6) is 0 Å². The van der Waals surface area contributed by atoms with Crippen LogP contribution in [0.2, 0.25) is 0 Å². The first-order chi connectivity index (χ1) is 5.91. The molecule has 0 spiro atoms. The number of thioether (sulfide) groups is 1. The fraction of sp³-hybridized carbons (Fsp3) is 1.00. The third-order valence-electron chi connectivity index (χ3n) is 2.28. The molecular weight excluding hydrogens is 208 g/mol. The van der Waals surface area contributed by atoms with Crippen LogP contribution in [0.25, 0.3) is 0 Å². The van der Waals surface area contributed by atoms with Gasteiger partial charge in [-0.1, -0.05) is 6.92 Å². The van der Waals surface area contributed by atoms with Gasteiger partial charge < -0.3 is 5.11 Å². The van der Waals surface area contributed by atoms with Crippen molar-refractivity contribution in [3.63, 3.8) is 0 Å². The fourth-order valence-corrected chi connectivity index (χ4v) is 5.00. The average Bonchev–Trinajstić information content (AvgIpc) is 2.30. The Morgan fingerprint density at radius 3 is 2.46 bits per heavy atom. The second-order valence-corrected chi connectivity index (χ2v) is 7.52. The first-order valence-electron chi connectivity index (χ1n) is 4.44. The molecule has 13 heavy (non-hydrogen) atoms. The molecule has 0 saturated carbocycles. The molecule has 0 aliphatic carbocycles. The zero-order chi connectivity index (χ0) is 10.1. The van der Waals surface area contributed by atoms with Gasteiger partial charge in [0.1, 0.15) is 0 Å². The van der Waals surface area contributed by atoms with Gasteiger partial charge in [0.2, 0.25) is 0 Å². The summed E-state index contributed by atoms with van der Waals surface area (Å²) in [6, 6.07) is 0. The maximum absolute atomic E-state index is 11.1. The van der Waals surface area contributed by atoms with Gasteiger partial charge in [-0.2, -0.15) is 11.8 Å². The number of aliphatic hydroxyl groups excluding tert-OH is 1. The maximum atomic E-state index is 11.1. The van der Waals surface area contributed by atoms with Gasteiger partial charge in [0.15, 0.2) is 9.84 Å². The Bertz CT molecular complexity index is 259. The Morgan fingerprint density at radius 1 is 1.46 bits per heavy atom. The summed E-state index contributed by atoms with van der Waals surface area (Å²) in [5, 5.41) is 9.55. The summed E-state index contributed by atoms with van der Waals surface area (Å²) in [4.78, 5) is 0. The van der Waals surface area contributed by atoms with Crippen LogP contribution in [-0.2, 0) is 9.84 Å². The van der Waals surface area contributed by atoms with E-state index in [9.17, 15) is 13.5 Å². The van der Waals surface area contributed by atoms with Crippen LogP contribution < -0.4 is 0 Å². The van der Waals surface area contributed by atoms with Crippen molar-refractivity contribution in [1.29, 1.82) is 0 Å². The van der Waals surface area contributed by atoms with Crippen molar-refractivity contribution in [3.8, 4) is 0 Å². The molecule has 1 rings (SSSR count). The largest absolute Gasteiger partial charge is 0.392 e. The lowest BCUT2D eigenvalue weighted by Crippen LogP contribution is -2.20. The molecular formula is C8H16O3S2. The molecule has 0 aromatic heterocycles. The minimum atomic E-state index is -2.77. The molecule has 5 heteroatoms. The number of rotatable bonds is 3. The standard InChI is InChI=1S/C8H16O3S2/c1-6(9)7(2)12-8-3-4-13(10,11)5-8/h6-9H,3-5H2,1-2H3. The lowest BCUT2D eigenvalue weighted by Gasteiger charge is -2.17. The highest BCUT2D eigenvalue weighted by molar-refractivity contribution is 8.02. The average molecular weight is 224 g/mol. The predicted octanol–water partition coefficient (Wildman–Crippen LogP) is 0.676. The number of hydrogen-bond donors (Lipinski definition) is 1. The van der Waals surface area contributed by atoms with E-state index in [0.717, 1.165) is 6.42 Å². The minimum Gasteiger partial charge on any atom is -0.392 e. The van der Waals surface area contributed by atoms with Crippen molar-refractivity contribution >= 4 is 21.6 Å². The Morgan fingerprint density at radius 2 is 2.08 bits per heavy atom. The predicted molar refractivity (Wildman–Crippen MR) is 55.8 cm³/mol. The monoisotopic (exact) mass is 224 g/mol. The Kier molecular flexibility index (Phi) is 3.65. The first-order valence-corrected chi connectivity index (χ1v) is 7.21. The molecule has 1 fully saturated rings. The molecule has 78 valence electrons. The van der Waals surface area contributed by atoms with E-state index in [0.29, 0.717) is 5.75 Å². The SMILES string of the molecule is CC(O)C(C)SC1CCS(=O)(=O)C1. The lowest BCUT2D eigenvalue weighted by molar-refractivity contribution is 0.196. The molecule has 0 amide bonds. The zero-order valence-electron chi connectivity index (χ0n) is 7.93. The van der Waals surface area contributed by atoms with Gasteiger partial charge in [-0.3, -0.25) is 0 Å². The van der Waals surface area contributed by atoms with Gasteiger partial charge in [0.25, 0.3) is 0 Å². The van der Waals surface area contributed by atoms with Crippen LogP contribution in [-0.4, -0.2) is 41.6 Å². The normalized spacial score (nSPS) is 31.5. The third-order valence-corrected chi connectivity index (χ3v) is 5.87. The lowest BCUT2D eigenvalue weighted by atomic mass is 10.3. The van der Waals surface area contributed by atoms with Gasteiger partial charge >= 0.3 is 0 Å². The summed E-state index contributed by atoms with van der Waals surface area (Å²) in [5.74, 6) is 0.603. The van der Waals surface area contributed by atoms with E-state index >= 15 is 0 Å². The summed E-state index contributed by atoms with van der Waals surface area (Å²) < 4.78 is 22.2. The molecule has 0 aromatic rings. The van der Waals surface area contributed by atoms with Gasteiger partial charge in [0, 0.05) is 10.5 Å². The Labute approximate surface area is 83.8 Å². The summed E-state index contributed by atoms with van der Waals surface area (Å²) >= 11 is 1.59. The summed E-state index contributed by atoms with van der Waals surface area (Å²) in [5.41, 5.74) is 0. The van der Waals surface area contributed by atoms with Crippen LogP contribution in [0.1, 0.15) is 20.3 Å². The van der Waals surface area contributed by atoms with E-state index in [4.69, 9.17) is 0 Å². The summed E-state index contributed by atoms with van der Waals surface area (Å²) in [7, 11) is -2.77. The van der Waals surface area contributed by atoms with Gasteiger partial charge in [-0.05, 0) is 13.3 Å². The molecule has 3 atom stereocenters. The fourth-order valence-electron chi connectivity index (χ4n) is 1.29. The minimum absolute atomic E-state index is 0.123. The molecule has 1 heterocycles. The van der Waals surface area contributed by atoms with E-state index < -0.39 is 9.84 Å². The van der Waals surface area contributed by atoms with Crippen LogP contribution >= 0.6 is 11.8 Å². The molecule has 1 N–H and O–H groups in total. The van der Waals surface area contributed by atoms with E-state index in [1.54, 1.807) is 18.7 Å². The van der Waals surface area contributed by atoms with Gasteiger partial charge in [-0.15, -0.1) is 0 Å². The van der Waals surface area contributed by atoms with Crippen LogP contribution in [0.15, 0.2) is 0 Å². The van der Waals surface area contributed by atoms with Crippen molar-refractivity contribution in [2.24, 2.45) is 0 Å². The van der Waals surface area contributed by atoms with Crippen LogP contribution in [0.3, 0.4) is 0 Å². The van der Waals surface area contributed by atoms with Crippen LogP contribution in [0.4, 0.5) is 0 Å². The zero-order valence-corrected chi connectivity index (χ0v) is 9.57. The molecule has 1 aliphatic rings. The highest BCUT2D eigenvalue weighted by Gasteiger charge is 2.30. The second-order valence-electron chi connectivity index (χ2n) is 3.61. The van der Waals surface area contributed by atoms with Crippen molar-refractivity contribution in [2.75, 3.05) is 11.5 Å². The Balaban J connectivity index is 2.41. The van der Waals surface area contributed by atoms with Gasteiger partial charge in [0.05, 0.1) is 17.6 Å². The quantitative estimate of drug-likeness (QED) is 0.766. The highest BCUT2D eigenvalue weighted by Crippen LogP contribution is 2.28. The molecule has 1 aliphatic heterocycles. The van der Waals surface area contributed by atoms with E-state index in [-0.39, 0.29) is 22.4 Å². The second kappa shape index (κ2) is 4.19. The summed E-state index contributed by atoms with van der Waals surface area (Å²) in [6.07, 6.45) is 0.373. The molecule has 3 unspecified atom stereocenters. The molecule has 0 aromatic carbocycles. The maximum Gasteiger partial charge on any atom is 0.151 e. The van der Waals surface area contributed by atoms with E-state index in [1.807, 2.05) is 6.92 Å². The molecule has 1 saturated heterocycles. The van der Waals surface area contributed by atoms with Crippen molar-refractivity contribution in [1.82, 2.24) is 0 Å². The number of aliphatic hydroxyl groups is 1. The molecule has 0 radical (unpaired) electrons. The molecule has 3 nitrogen and oxygen atoms in total. The van der Waals surface area contributed by atoms with Crippen molar-refractivity contribution in [3.05, 3.63) is 0 Å². The Hall–Kier alpha value is 0.260. The smallest absolute Gasteiger partial charge is 0.151 e. The number of sulfone groups is 1. The van der Waals surface area contributed by atoms with E-state index in [2.05, 4.69) is 0 Å². The van der Waals surface area contributed by atoms with Crippen LogP contribution in [0, 0.1) is 0 Å². The number of hydrogen-bond acceptors (Lipinski definition) is 4. The topological polar surface area (TPSA) is 54.4 Å². The van der Waals surface area contributed by atoms with Gasteiger partial charge in [-0.25, -0.2) is 8.42 Å². The molecule has 0 bridgehead atoms.